The molecule has 0 spiro atoms. The molecule has 1 saturated heterocycles. The maximum atomic E-state index is 13.4. The summed E-state index contributed by atoms with van der Waals surface area (Å²) in [6.07, 6.45) is 5.37. The number of benzene rings is 2. The zero-order chi connectivity index (χ0) is 23.3. The van der Waals surface area contributed by atoms with E-state index in [0.717, 1.165) is 16.7 Å². The molecule has 0 radical (unpaired) electrons. The van der Waals surface area contributed by atoms with E-state index < -0.39 is 5.41 Å². The largest absolute Gasteiger partial charge is 0.493 e. The van der Waals surface area contributed by atoms with Gasteiger partial charge in [-0.25, -0.2) is 0 Å². The van der Waals surface area contributed by atoms with Crippen LogP contribution in [0.3, 0.4) is 0 Å². The van der Waals surface area contributed by atoms with Crippen molar-refractivity contribution in [1.29, 1.82) is 0 Å². The van der Waals surface area contributed by atoms with Crippen LogP contribution in [0.4, 0.5) is 0 Å². The number of hydrogen-bond acceptors (Lipinski definition) is 4. The quantitative estimate of drug-likeness (QED) is 0.596. The van der Waals surface area contributed by atoms with Crippen molar-refractivity contribution < 1.29 is 14.3 Å². The summed E-state index contributed by atoms with van der Waals surface area (Å²) in [6.45, 7) is 3.22. The lowest BCUT2D eigenvalue weighted by Crippen LogP contribution is -2.53. The molecule has 2 aromatic carbocycles. The zero-order valence-electron chi connectivity index (χ0n) is 18.9. The Balaban J connectivity index is 1.64. The van der Waals surface area contributed by atoms with Gasteiger partial charge in [-0.05, 0) is 55.5 Å². The fourth-order valence-corrected chi connectivity index (χ4v) is 4.68. The third-order valence-corrected chi connectivity index (χ3v) is 6.32. The van der Waals surface area contributed by atoms with Crippen LogP contribution in [0.1, 0.15) is 35.7 Å². The molecule has 1 atom stereocenters. The number of pyridine rings is 1. The van der Waals surface area contributed by atoms with Crippen molar-refractivity contribution in [2.24, 2.45) is 11.1 Å². The van der Waals surface area contributed by atoms with Crippen LogP contribution < -0.4 is 10.5 Å². The summed E-state index contributed by atoms with van der Waals surface area (Å²) >= 11 is 0. The Morgan fingerprint density at radius 2 is 1.88 bits per heavy atom. The molecular formula is C27H29N3O3. The Kier molecular flexibility index (Phi) is 6.73. The molecule has 2 N–H and O–H groups in total. The second-order valence-electron chi connectivity index (χ2n) is 8.48. The summed E-state index contributed by atoms with van der Waals surface area (Å²) < 4.78 is 5.66. The predicted octanol–water partition coefficient (Wildman–Crippen LogP) is 4.10. The summed E-state index contributed by atoms with van der Waals surface area (Å²) in [5.41, 5.74) is 8.71. The van der Waals surface area contributed by atoms with E-state index in [1.807, 2.05) is 61.7 Å². The summed E-state index contributed by atoms with van der Waals surface area (Å²) in [5.74, 6) is 0.0474. The summed E-state index contributed by atoms with van der Waals surface area (Å²) in [6, 6.07) is 19.1. The van der Waals surface area contributed by atoms with E-state index in [1.165, 1.54) is 0 Å². The molecule has 2 amide bonds. The highest BCUT2D eigenvalue weighted by atomic mass is 16.5. The number of nitrogens with two attached hydrogens (primary N) is 1. The van der Waals surface area contributed by atoms with Crippen molar-refractivity contribution in [1.82, 2.24) is 9.88 Å². The van der Waals surface area contributed by atoms with Gasteiger partial charge in [0.1, 0.15) is 5.75 Å². The van der Waals surface area contributed by atoms with Gasteiger partial charge < -0.3 is 15.4 Å². The normalized spacial score (nSPS) is 18.0. The number of likely N-dealkylation sites (tertiary alicyclic amines) is 1. The van der Waals surface area contributed by atoms with Crippen molar-refractivity contribution in [3.05, 3.63) is 84.2 Å². The first kappa shape index (κ1) is 22.5. The van der Waals surface area contributed by atoms with Gasteiger partial charge in [-0.15, -0.1) is 0 Å². The zero-order valence-corrected chi connectivity index (χ0v) is 18.9. The molecule has 0 bridgehead atoms. The fourth-order valence-electron chi connectivity index (χ4n) is 4.68. The van der Waals surface area contributed by atoms with Crippen LogP contribution in [-0.2, 0) is 11.2 Å². The molecule has 0 unspecified atom stereocenters. The highest BCUT2D eigenvalue weighted by molar-refractivity contribution is 5.97. The van der Waals surface area contributed by atoms with Gasteiger partial charge in [0.25, 0.3) is 5.91 Å². The van der Waals surface area contributed by atoms with Crippen LogP contribution in [0, 0.1) is 5.41 Å². The van der Waals surface area contributed by atoms with E-state index in [0.29, 0.717) is 43.7 Å². The van der Waals surface area contributed by atoms with Gasteiger partial charge in [0, 0.05) is 31.0 Å². The van der Waals surface area contributed by atoms with E-state index in [1.54, 1.807) is 23.2 Å². The Bertz CT molecular complexity index is 1130. The van der Waals surface area contributed by atoms with Gasteiger partial charge >= 0.3 is 0 Å². The molecule has 2 heterocycles. The molecule has 1 aliphatic heterocycles. The smallest absolute Gasteiger partial charge is 0.257 e. The van der Waals surface area contributed by atoms with E-state index in [2.05, 4.69) is 4.98 Å². The van der Waals surface area contributed by atoms with Crippen LogP contribution in [0.2, 0.25) is 0 Å². The van der Waals surface area contributed by atoms with E-state index in [9.17, 15) is 9.59 Å². The molecular weight excluding hydrogens is 414 g/mol. The van der Waals surface area contributed by atoms with E-state index in [4.69, 9.17) is 10.5 Å². The third-order valence-electron chi connectivity index (χ3n) is 6.32. The Hall–Kier alpha value is -3.67. The van der Waals surface area contributed by atoms with Crippen molar-refractivity contribution in [2.75, 3.05) is 19.7 Å². The highest BCUT2D eigenvalue weighted by Gasteiger charge is 2.43. The first-order chi connectivity index (χ1) is 16.0. The molecule has 3 aromatic rings. The predicted molar refractivity (Wildman–Crippen MR) is 128 cm³/mol. The second kappa shape index (κ2) is 9.86. The maximum Gasteiger partial charge on any atom is 0.257 e. The van der Waals surface area contributed by atoms with Gasteiger partial charge in [-0.3, -0.25) is 14.6 Å². The number of carbonyl (C=O) groups excluding carboxylic acids is 2. The van der Waals surface area contributed by atoms with Crippen LogP contribution in [0.25, 0.3) is 11.1 Å². The number of aromatic nitrogens is 1. The number of piperidine rings is 1. The number of carbonyl (C=O) groups is 2. The maximum absolute atomic E-state index is 13.4. The molecule has 0 saturated carbocycles. The first-order valence-electron chi connectivity index (χ1n) is 11.3. The molecule has 0 aliphatic carbocycles. The van der Waals surface area contributed by atoms with Gasteiger partial charge in [-0.2, -0.15) is 0 Å². The van der Waals surface area contributed by atoms with Crippen LogP contribution in [-0.4, -0.2) is 41.4 Å². The van der Waals surface area contributed by atoms with Gasteiger partial charge in [0.15, 0.2) is 0 Å². The molecule has 4 rings (SSSR count). The summed E-state index contributed by atoms with van der Waals surface area (Å²) in [5, 5.41) is 0. The number of para-hydroxylation sites is 1. The second-order valence-corrected chi connectivity index (χ2v) is 8.48. The lowest BCUT2D eigenvalue weighted by molar-refractivity contribution is -0.130. The van der Waals surface area contributed by atoms with Crippen molar-refractivity contribution >= 4 is 11.8 Å². The van der Waals surface area contributed by atoms with E-state index in [-0.39, 0.29) is 18.4 Å². The number of amides is 2. The topological polar surface area (TPSA) is 85.5 Å². The highest BCUT2D eigenvalue weighted by Crippen LogP contribution is 2.37. The van der Waals surface area contributed by atoms with E-state index >= 15 is 0 Å². The molecule has 6 nitrogen and oxygen atoms in total. The molecule has 1 aromatic heterocycles. The van der Waals surface area contributed by atoms with Gasteiger partial charge in [-0.1, -0.05) is 42.5 Å². The van der Waals surface area contributed by atoms with Crippen molar-refractivity contribution in [2.45, 2.75) is 26.2 Å². The lowest BCUT2D eigenvalue weighted by atomic mass is 9.73. The third kappa shape index (κ3) is 4.75. The minimum absolute atomic E-state index is 0.134. The lowest BCUT2D eigenvalue weighted by Gasteiger charge is -2.41. The minimum Gasteiger partial charge on any atom is -0.493 e. The average molecular weight is 444 g/mol. The number of ether oxygens (including phenoxy) is 1. The number of rotatable bonds is 7. The number of hydrogen-bond donors (Lipinski definition) is 1. The van der Waals surface area contributed by atoms with Crippen molar-refractivity contribution in [3.63, 3.8) is 0 Å². The number of primary amides is 1. The molecule has 1 aliphatic rings. The molecule has 6 heteroatoms. The monoisotopic (exact) mass is 443 g/mol. The SMILES string of the molecule is CCOc1ccccc1C(=O)N1CCC[C@](Cc2ccccc2-c2cccnc2)(C(N)=O)C1. The van der Waals surface area contributed by atoms with Gasteiger partial charge in [0.05, 0.1) is 17.6 Å². The number of nitrogens with zero attached hydrogens (tertiary/aromatic N) is 2. The Labute approximate surface area is 194 Å². The molecule has 1 fully saturated rings. The van der Waals surface area contributed by atoms with Crippen molar-refractivity contribution in [3.8, 4) is 16.9 Å². The van der Waals surface area contributed by atoms with Crippen LogP contribution in [0.15, 0.2) is 73.1 Å². The molecule has 33 heavy (non-hydrogen) atoms. The Morgan fingerprint density at radius 1 is 1.09 bits per heavy atom. The minimum atomic E-state index is -0.840. The fraction of sp³-hybridized carbons (Fsp3) is 0.296. The molecule has 170 valence electrons. The first-order valence-corrected chi connectivity index (χ1v) is 11.3. The summed E-state index contributed by atoms with van der Waals surface area (Å²) in [7, 11) is 0. The average Bonchev–Trinajstić information content (AvgIpc) is 2.85. The van der Waals surface area contributed by atoms with Crippen LogP contribution >= 0.6 is 0 Å². The van der Waals surface area contributed by atoms with Gasteiger partial charge in [0.2, 0.25) is 5.91 Å². The van der Waals surface area contributed by atoms with Crippen LogP contribution in [0.5, 0.6) is 5.75 Å². The Morgan fingerprint density at radius 3 is 2.64 bits per heavy atom. The summed E-state index contributed by atoms with van der Waals surface area (Å²) in [4.78, 5) is 32.3. The standard InChI is InChI=1S/C27H29N3O3/c1-2-33-24-13-6-5-12-23(24)25(31)30-16-8-14-27(19-30,26(28)32)17-20-9-3-4-11-22(20)21-10-7-15-29-18-21/h3-7,9-13,15,18H,2,8,14,16-17,19H2,1H3,(H2,28,32)/t27-/m1/s1.